The van der Waals surface area contributed by atoms with E-state index in [-0.39, 0.29) is 30.7 Å². The van der Waals surface area contributed by atoms with E-state index in [2.05, 4.69) is 18.9 Å². The van der Waals surface area contributed by atoms with E-state index in [0.717, 1.165) is 18.7 Å². The summed E-state index contributed by atoms with van der Waals surface area (Å²) < 4.78 is 0. The third-order valence-electron chi connectivity index (χ3n) is 2.87. The van der Waals surface area contributed by atoms with E-state index in [1.54, 1.807) is 6.07 Å². The van der Waals surface area contributed by atoms with E-state index >= 15 is 0 Å². The number of rotatable bonds is 7. The van der Waals surface area contributed by atoms with Gasteiger partial charge in [-0.05, 0) is 31.6 Å². The highest BCUT2D eigenvalue weighted by Crippen LogP contribution is 2.11. The van der Waals surface area contributed by atoms with Gasteiger partial charge in [-0.1, -0.05) is 38.0 Å². The SMILES string of the molecule is CCCCCN(C)Cc1ccccc1C(N)=O.Cl.Cl. The van der Waals surface area contributed by atoms with Crippen LogP contribution in [-0.2, 0) is 6.54 Å². The van der Waals surface area contributed by atoms with Crippen molar-refractivity contribution < 1.29 is 4.79 Å². The van der Waals surface area contributed by atoms with E-state index in [1.807, 2.05) is 18.2 Å². The molecule has 110 valence electrons. The van der Waals surface area contributed by atoms with Crippen molar-refractivity contribution in [3.63, 3.8) is 0 Å². The highest BCUT2D eigenvalue weighted by molar-refractivity contribution is 5.94. The lowest BCUT2D eigenvalue weighted by molar-refractivity contribution is 0.0998. The molecule has 0 aliphatic rings. The van der Waals surface area contributed by atoms with Crippen LogP contribution in [0.4, 0.5) is 0 Å². The fourth-order valence-corrected chi connectivity index (χ4v) is 1.90. The van der Waals surface area contributed by atoms with Crippen molar-refractivity contribution in [2.75, 3.05) is 13.6 Å². The molecule has 0 saturated carbocycles. The van der Waals surface area contributed by atoms with Crippen molar-refractivity contribution in [3.05, 3.63) is 35.4 Å². The number of halogens is 2. The van der Waals surface area contributed by atoms with Crippen molar-refractivity contribution in [1.29, 1.82) is 0 Å². The number of nitrogens with two attached hydrogens (primary N) is 1. The van der Waals surface area contributed by atoms with Crippen molar-refractivity contribution in [2.45, 2.75) is 32.7 Å². The summed E-state index contributed by atoms with van der Waals surface area (Å²) >= 11 is 0. The summed E-state index contributed by atoms with van der Waals surface area (Å²) in [4.78, 5) is 13.5. The maximum atomic E-state index is 11.3. The molecule has 0 aliphatic heterocycles. The lowest BCUT2D eigenvalue weighted by Gasteiger charge is -2.17. The Bertz CT molecular complexity index is 372. The highest BCUT2D eigenvalue weighted by atomic mass is 35.5. The van der Waals surface area contributed by atoms with Gasteiger partial charge in [0, 0.05) is 12.1 Å². The zero-order valence-electron chi connectivity index (χ0n) is 11.6. The normalized spacial score (nSPS) is 9.63. The average Bonchev–Trinajstić information content (AvgIpc) is 2.29. The first-order valence-corrected chi connectivity index (χ1v) is 6.21. The molecule has 1 rings (SSSR count). The number of carbonyl (C=O) groups excluding carboxylic acids is 1. The number of amides is 1. The minimum atomic E-state index is -0.345. The largest absolute Gasteiger partial charge is 0.366 e. The Hall–Kier alpha value is -0.770. The average molecular weight is 307 g/mol. The molecule has 1 aromatic carbocycles. The van der Waals surface area contributed by atoms with E-state index < -0.39 is 0 Å². The second-order valence-corrected chi connectivity index (χ2v) is 4.47. The summed E-state index contributed by atoms with van der Waals surface area (Å²) in [7, 11) is 2.08. The number of benzene rings is 1. The molecule has 0 aromatic heterocycles. The third-order valence-corrected chi connectivity index (χ3v) is 2.87. The zero-order valence-corrected chi connectivity index (χ0v) is 13.2. The van der Waals surface area contributed by atoms with Gasteiger partial charge in [0.05, 0.1) is 0 Å². The van der Waals surface area contributed by atoms with Crippen molar-refractivity contribution >= 4 is 30.7 Å². The first kappa shape index (κ1) is 20.5. The van der Waals surface area contributed by atoms with E-state index in [9.17, 15) is 4.79 Å². The number of nitrogens with zero attached hydrogens (tertiary/aromatic N) is 1. The van der Waals surface area contributed by atoms with Gasteiger partial charge in [-0.2, -0.15) is 0 Å². The molecular weight excluding hydrogens is 283 g/mol. The molecule has 3 nitrogen and oxygen atoms in total. The van der Waals surface area contributed by atoms with Gasteiger partial charge in [-0.25, -0.2) is 0 Å². The Labute approximate surface area is 128 Å². The predicted octanol–water partition coefficient (Wildman–Crippen LogP) is 3.25. The quantitative estimate of drug-likeness (QED) is 0.786. The fraction of sp³-hybridized carbons (Fsp3) is 0.500. The molecule has 0 saturated heterocycles. The fourth-order valence-electron chi connectivity index (χ4n) is 1.90. The van der Waals surface area contributed by atoms with Crippen LogP contribution in [0.15, 0.2) is 24.3 Å². The molecule has 0 aliphatic carbocycles. The monoisotopic (exact) mass is 306 g/mol. The molecule has 2 N–H and O–H groups in total. The molecule has 19 heavy (non-hydrogen) atoms. The molecule has 1 amide bonds. The highest BCUT2D eigenvalue weighted by Gasteiger charge is 2.08. The van der Waals surface area contributed by atoms with Crippen molar-refractivity contribution in [2.24, 2.45) is 5.73 Å². The molecule has 0 radical (unpaired) electrons. The standard InChI is InChI=1S/C14H22N2O.2ClH/c1-3-4-7-10-16(2)11-12-8-5-6-9-13(12)14(15)17;;/h5-6,8-9H,3-4,7,10-11H2,1-2H3,(H2,15,17);2*1H. The second-order valence-electron chi connectivity index (χ2n) is 4.47. The molecular formula is C14H24Cl2N2O. The molecule has 0 heterocycles. The van der Waals surface area contributed by atoms with Gasteiger partial charge in [0.15, 0.2) is 0 Å². The van der Waals surface area contributed by atoms with Gasteiger partial charge in [-0.3, -0.25) is 4.79 Å². The van der Waals surface area contributed by atoms with E-state index in [4.69, 9.17) is 5.73 Å². The summed E-state index contributed by atoms with van der Waals surface area (Å²) in [6.07, 6.45) is 3.68. The van der Waals surface area contributed by atoms with Crippen LogP contribution in [0.1, 0.15) is 42.1 Å². The molecule has 5 heteroatoms. The summed E-state index contributed by atoms with van der Waals surface area (Å²) in [6.45, 7) is 4.03. The Morgan fingerprint density at radius 1 is 1.21 bits per heavy atom. The minimum Gasteiger partial charge on any atom is -0.366 e. The van der Waals surface area contributed by atoms with E-state index in [0.29, 0.717) is 5.56 Å². The Morgan fingerprint density at radius 2 is 1.84 bits per heavy atom. The Balaban J connectivity index is 0. The van der Waals surface area contributed by atoms with Crippen LogP contribution in [0, 0.1) is 0 Å². The Morgan fingerprint density at radius 3 is 2.42 bits per heavy atom. The van der Waals surface area contributed by atoms with Crippen LogP contribution < -0.4 is 5.73 Å². The molecule has 0 bridgehead atoms. The number of hydrogen-bond donors (Lipinski definition) is 1. The van der Waals surface area contributed by atoms with Crippen molar-refractivity contribution in [3.8, 4) is 0 Å². The summed E-state index contributed by atoms with van der Waals surface area (Å²) in [5.74, 6) is -0.345. The van der Waals surface area contributed by atoms with Gasteiger partial charge >= 0.3 is 0 Å². The summed E-state index contributed by atoms with van der Waals surface area (Å²) in [5.41, 5.74) is 7.00. The van der Waals surface area contributed by atoms with Crippen LogP contribution in [-0.4, -0.2) is 24.4 Å². The molecule has 0 fully saturated rings. The maximum absolute atomic E-state index is 11.3. The first-order chi connectivity index (χ1) is 8.15. The second kappa shape index (κ2) is 11.1. The first-order valence-electron chi connectivity index (χ1n) is 6.21. The predicted molar refractivity (Wildman–Crippen MR) is 85.3 cm³/mol. The van der Waals surface area contributed by atoms with E-state index in [1.165, 1.54) is 19.3 Å². The molecule has 0 atom stereocenters. The van der Waals surface area contributed by atoms with Crippen LogP contribution >= 0.6 is 24.8 Å². The lowest BCUT2D eigenvalue weighted by Crippen LogP contribution is -2.22. The van der Waals surface area contributed by atoms with Gasteiger partial charge < -0.3 is 10.6 Å². The third kappa shape index (κ3) is 7.41. The maximum Gasteiger partial charge on any atom is 0.249 e. The zero-order chi connectivity index (χ0) is 12.7. The Kier molecular flexibility index (Phi) is 12.0. The molecule has 0 spiro atoms. The topological polar surface area (TPSA) is 46.3 Å². The van der Waals surface area contributed by atoms with Gasteiger partial charge in [0.1, 0.15) is 0 Å². The molecule has 1 aromatic rings. The van der Waals surface area contributed by atoms with Gasteiger partial charge in [-0.15, -0.1) is 24.8 Å². The summed E-state index contributed by atoms with van der Waals surface area (Å²) in [6, 6.07) is 7.55. The number of carbonyl (C=O) groups is 1. The van der Waals surface area contributed by atoms with Crippen LogP contribution in [0.5, 0.6) is 0 Å². The van der Waals surface area contributed by atoms with Gasteiger partial charge in [0.2, 0.25) is 5.91 Å². The van der Waals surface area contributed by atoms with Crippen molar-refractivity contribution in [1.82, 2.24) is 4.90 Å². The smallest absolute Gasteiger partial charge is 0.249 e. The number of primary amides is 1. The summed E-state index contributed by atoms with van der Waals surface area (Å²) in [5, 5.41) is 0. The number of unbranched alkanes of at least 4 members (excludes halogenated alkanes) is 2. The van der Waals surface area contributed by atoms with Crippen LogP contribution in [0.25, 0.3) is 0 Å². The van der Waals surface area contributed by atoms with Gasteiger partial charge in [0.25, 0.3) is 0 Å². The lowest BCUT2D eigenvalue weighted by atomic mass is 10.1. The number of hydrogen-bond acceptors (Lipinski definition) is 2. The minimum absolute atomic E-state index is 0. The van der Waals surface area contributed by atoms with Crippen LogP contribution in [0.2, 0.25) is 0 Å². The van der Waals surface area contributed by atoms with Crippen LogP contribution in [0.3, 0.4) is 0 Å². The molecule has 0 unspecified atom stereocenters.